The van der Waals surface area contributed by atoms with E-state index < -0.39 is 13.8 Å². The maximum Gasteiger partial charge on any atom is 0.587 e. The van der Waals surface area contributed by atoms with Crippen molar-refractivity contribution in [1.82, 2.24) is 9.88 Å². The van der Waals surface area contributed by atoms with Crippen LogP contribution in [0.1, 0.15) is 18.4 Å². The van der Waals surface area contributed by atoms with E-state index in [2.05, 4.69) is 9.51 Å². The Morgan fingerprint density at radius 1 is 1.40 bits per heavy atom. The third-order valence-corrected chi connectivity index (χ3v) is 4.46. The zero-order valence-electron chi connectivity index (χ0n) is 14.4. The van der Waals surface area contributed by atoms with Gasteiger partial charge in [-0.15, -0.1) is 0 Å². The van der Waals surface area contributed by atoms with Crippen molar-refractivity contribution in [3.05, 3.63) is 30.0 Å². The van der Waals surface area contributed by atoms with E-state index in [1.165, 1.54) is 0 Å². The molecule has 4 N–H and O–H groups in total. The number of H-pyrrole nitrogens is 1. The number of hydrogen-bond acceptors (Lipinski definition) is 6. The molecule has 0 aliphatic carbocycles. The van der Waals surface area contributed by atoms with Crippen LogP contribution in [0, 0.1) is 0 Å². The van der Waals surface area contributed by atoms with Crippen LogP contribution in [0.2, 0.25) is 0 Å². The molecule has 8 nitrogen and oxygen atoms in total. The van der Waals surface area contributed by atoms with Crippen molar-refractivity contribution in [1.29, 1.82) is 0 Å². The average Bonchev–Trinajstić information content (AvgIpc) is 2.94. The fraction of sp³-hybridized carbons (Fsp3) is 0.438. The van der Waals surface area contributed by atoms with Crippen molar-refractivity contribution in [2.45, 2.75) is 19.3 Å². The van der Waals surface area contributed by atoms with Gasteiger partial charge in [-0.3, -0.25) is 9.69 Å². The number of likely N-dealkylation sites (N-methyl/N-ethyl adjacent to an activating group) is 1. The molecule has 1 unspecified atom stereocenters. The highest BCUT2D eigenvalue weighted by atomic mass is 31.2. The van der Waals surface area contributed by atoms with E-state index in [4.69, 9.17) is 10.3 Å². The number of phosphoric ester groups is 1. The highest BCUT2D eigenvalue weighted by Crippen LogP contribution is 2.46. The molecule has 0 aliphatic rings. The van der Waals surface area contributed by atoms with Crippen LogP contribution >= 0.6 is 7.82 Å². The lowest BCUT2D eigenvalue weighted by atomic mass is 10.1. The van der Waals surface area contributed by atoms with Gasteiger partial charge in [-0.1, -0.05) is 6.07 Å². The molecular formula is C16H24N3O5P. The summed E-state index contributed by atoms with van der Waals surface area (Å²) in [7, 11) is -0.629. The fourth-order valence-electron chi connectivity index (χ4n) is 2.40. The predicted octanol–water partition coefficient (Wildman–Crippen LogP) is 2.03. The number of nitrogens with zero attached hydrogens (tertiary/aromatic N) is 1. The maximum atomic E-state index is 12.1. The van der Waals surface area contributed by atoms with E-state index in [0.29, 0.717) is 18.4 Å². The lowest BCUT2D eigenvalue weighted by molar-refractivity contribution is -0.135. The van der Waals surface area contributed by atoms with Gasteiger partial charge in [-0.25, -0.2) is 4.57 Å². The van der Waals surface area contributed by atoms with Crippen molar-refractivity contribution in [3.63, 3.8) is 0 Å². The van der Waals surface area contributed by atoms with Crippen LogP contribution in [0.25, 0.3) is 10.9 Å². The molecule has 0 aliphatic heterocycles. The summed E-state index contributed by atoms with van der Waals surface area (Å²) in [6, 6.07) is 5.11. The molecule has 0 fully saturated rings. The maximum absolute atomic E-state index is 12.1. The smallest absolute Gasteiger partial charge is 0.394 e. The van der Waals surface area contributed by atoms with Crippen molar-refractivity contribution >= 4 is 24.7 Å². The van der Waals surface area contributed by atoms with Crippen molar-refractivity contribution < 1.29 is 23.3 Å². The number of aromatic amines is 1. The number of phosphoric acid groups is 1. The van der Waals surface area contributed by atoms with Gasteiger partial charge in [0.1, 0.15) is 5.75 Å². The normalized spacial score (nSPS) is 13.8. The molecule has 2 aromatic rings. The minimum atomic E-state index is -4.56. The van der Waals surface area contributed by atoms with Gasteiger partial charge in [0.15, 0.2) is 0 Å². The van der Waals surface area contributed by atoms with Crippen LogP contribution in [0.15, 0.2) is 24.4 Å². The summed E-state index contributed by atoms with van der Waals surface area (Å²) in [4.78, 5) is 26.6. The Kier molecular flexibility index (Phi) is 6.61. The van der Waals surface area contributed by atoms with E-state index in [0.717, 1.165) is 24.0 Å². The lowest BCUT2D eigenvalue weighted by Crippen LogP contribution is -2.14. The quantitative estimate of drug-likeness (QED) is 0.579. The first-order valence-electron chi connectivity index (χ1n) is 8.01. The Bertz CT molecular complexity index is 774. The predicted molar refractivity (Wildman–Crippen MR) is 95.4 cm³/mol. The number of nitrogens with two attached hydrogens (primary N) is 1. The van der Waals surface area contributed by atoms with Crippen LogP contribution in [0.5, 0.6) is 5.75 Å². The second kappa shape index (κ2) is 8.49. The molecule has 0 radical (unpaired) electrons. The molecule has 1 aromatic carbocycles. The van der Waals surface area contributed by atoms with E-state index in [9.17, 15) is 14.3 Å². The second-order valence-electron chi connectivity index (χ2n) is 5.96. The molecule has 9 heteroatoms. The molecule has 0 saturated carbocycles. The van der Waals surface area contributed by atoms with Crippen LogP contribution in [-0.4, -0.2) is 47.9 Å². The molecule has 2 rings (SSSR count). The number of nitrogens with one attached hydrogen (secondary N) is 1. The summed E-state index contributed by atoms with van der Waals surface area (Å²) in [6.07, 6.45) is 2.92. The molecule has 138 valence electrons. The van der Waals surface area contributed by atoms with Gasteiger partial charge < -0.3 is 24.7 Å². The van der Waals surface area contributed by atoms with Crippen LogP contribution in [-0.2, 0) is 20.3 Å². The first-order valence-corrected chi connectivity index (χ1v) is 9.50. The average molecular weight is 369 g/mol. The topological polar surface area (TPSA) is 118 Å². The Labute approximate surface area is 146 Å². The SMILES string of the molecule is CN(C)CCc1c[nH]c2cccc(OP(=O)(O)OC(=O)CCCN)c12. The molecule has 25 heavy (non-hydrogen) atoms. The third-order valence-electron chi connectivity index (χ3n) is 3.59. The van der Waals surface area contributed by atoms with Gasteiger partial charge in [-0.05, 0) is 51.2 Å². The number of benzene rings is 1. The minimum absolute atomic E-state index is 0.0349. The number of hydrogen-bond donors (Lipinski definition) is 3. The molecular weight excluding hydrogens is 345 g/mol. The highest BCUT2D eigenvalue weighted by Gasteiger charge is 2.29. The van der Waals surface area contributed by atoms with Crippen molar-refractivity contribution in [2.24, 2.45) is 5.73 Å². The Morgan fingerprint density at radius 3 is 2.84 bits per heavy atom. The summed E-state index contributed by atoms with van der Waals surface area (Å²) in [5.74, 6) is -0.615. The van der Waals surface area contributed by atoms with E-state index in [1.54, 1.807) is 12.1 Å². The van der Waals surface area contributed by atoms with Gasteiger partial charge >= 0.3 is 13.8 Å². The van der Waals surface area contributed by atoms with Crippen LogP contribution < -0.4 is 10.3 Å². The van der Waals surface area contributed by atoms with Gasteiger partial charge in [0.2, 0.25) is 0 Å². The Hall–Kier alpha value is -1.86. The largest absolute Gasteiger partial charge is 0.587 e. The summed E-state index contributed by atoms with van der Waals surface area (Å²) in [5.41, 5.74) is 7.03. The lowest BCUT2D eigenvalue weighted by Gasteiger charge is -2.14. The molecule has 1 aromatic heterocycles. The van der Waals surface area contributed by atoms with Crippen molar-refractivity contribution in [3.8, 4) is 5.75 Å². The number of fused-ring (bicyclic) bond motifs is 1. The summed E-state index contributed by atoms with van der Waals surface area (Å²) in [6.45, 7) is 1.11. The number of carbonyl (C=O) groups excluding carboxylic acids is 1. The van der Waals surface area contributed by atoms with E-state index in [1.807, 2.05) is 31.3 Å². The van der Waals surface area contributed by atoms with Crippen molar-refractivity contribution in [2.75, 3.05) is 27.2 Å². The standard InChI is InChI=1S/C16H24N3O5P/c1-19(2)10-8-12-11-18-13-5-3-6-14(16(12)13)23-25(21,22)24-15(20)7-4-9-17/h3,5-6,11,18H,4,7-10,17H2,1-2H3,(H,21,22). The first kappa shape index (κ1) is 19.5. The Balaban J connectivity index is 2.20. The highest BCUT2D eigenvalue weighted by molar-refractivity contribution is 7.48. The molecule has 0 bridgehead atoms. The van der Waals surface area contributed by atoms with E-state index in [-0.39, 0.29) is 12.2 Å². The van der Waals surface area contributed by atoms with E-state index >= 15 is 0 Å². The Morgan fingerprint density at radius 2 is 2.16 bits per heavy atom. The number of carbonyl (C=O) groups is 1. The van der Waals surface area contributed by atoms with Gasteiger partial charge in [0.25, 0.3) is 0 Å². The monoisotopic (exact) mass is 369 g/mol. The molecule has 1 atom stereocenters. The number of rotatable bonds is 9. The van der Waals surface area contributed by atoms with Gasteiger partial charge in [0.05, 0.1) is 0 Å². The first-order chi connectivity index (χ1) is 11.8. The molecule has 0 amide bonds. The molecule has 1 heterocycles. The second-order valence-corrected chi connectivity index (χ2v) is 7.26. The summed E-state index contributed by atoms with van der Waals surface area (Å²) < 4.78 is 21.9. The van der Waals surface area contributed by atoms with Gasteiger partial charge in [-0.2, -0.15) is 0 Å². The van der Waals surface area contributed by atoms with Gasteiger partial charge in [0, 0.05) is 30.1 Å². The number of aromatic nitrogens is 1. The zero-order chi connectivity index (χ0) is 18.4. The van der Waals surface area contributed by atoms with Crippen LogP contribution in [0.4, 0.5) is 0 Å². The summed E-state index contributed by atoms with van der Waals surface area (Å²) >= 11 is 0. The molecule has 0 saturated heterocycles. The minimum Gasteiger partial charge on any atom is -0.394 e. The fourth-order valence-corrected chi connectivity index (χ4v) is 3.19. The zero-order valence-corrected chi connectivity index (χ0v) is 15.3. The molecule has 0 spiro atoms. The van der Waals surface area contributed by atoms with Crippen LogP contribution in [0.3, 0.4) is 0 Å². The summed E-state index contributed by atoms with van der Waals surface area (Å²) in [5, 5.41) is 0.705. The third kappa shape index (κ3) is 5.57.